The average Bonchev–Trinajstić information content (AvgIpc) is 2.15. The van der Waals surface area contributed by atoms with Crippen LogP contribution in [0.3, 0.4) is 0 Å². The average molecular weight is 214 g/mol. The van der Waals surface area contributed by atoms with E-state index in [1.54, 1.807) is 12.1 Å². The molecule has 0 spiro atoms. The highest BCUT2D eigenvalue weighted by atomic mass is 19.4. The van der Waals surface area contributed by atoms with E-state index in [2.05, 4.69) is 5.32 Å². The Morgan fingerprint density at radius 3 is 2.67 bits per heavy atom. The molecule has 0 saturated heterocycles. The zero-order valence-corrected chi connectivity index (χ0v) is 7.80. The second kappa shape index (κ2) is 4.69. The molecule has 0 aliphatic rings. The summed E-state index contributed by atoms with van der Waals surface area (Å²) in [5.74, 6) is 0. The van der Waals surface area contributed by atoms with E-state index in [1.807, 2.05) is 6.07 Å². The van der Waals surface area contributed by atoms with E-state index in [9.17, 15) is 13.2 Å². The van der Waals surface area contributed by atoms with Gasteiger partial charge in [0.25, 0.3) is 0 Å². The van der Waals surface area contributed by atoms with E-state index in [1.165, 1.54) is 12.1 Å². The number of hydrogen-bond acceptors (Lipinski definition) is 2. The van der Waals surface area contributed by atoms with Crippen LogP contribution in [-0.4, -0.2) is 12.7 Å². The predicted octanol–water partition coefficient (Wildman–Crippen LogP) is 2.73. The van der Waals surface area contributed by atoms with Crippen molar-refractivity contribution in [3.63, 3.8) is 0 Å². The molecule has 80 valence electrons. The topological polar surface area (TPSA) is 35.8 Å². The molecule has 0 atom stereocenters. The number of rotatable bonds is 3. The van der Waals surface area contributed by atoms with Crippen LogP contribution in [0.5, 0.6) is 0 Å². The first-order chi connectivity index (χ1) is 7.01. The Bertz CT molecular complexity index is 366. The normalized spacial score (nSPS) is 10.8. The van der Waals surface area contributed by atoms with Crippen molar-refractivity contribution in [2.75, 3.05) is 11.9 Å². The number of alkyl halides is 3. The predicted molar refractivity (Wildman–Crippen MR) is 50.3 cm³/mol. The Morgan fingerprint density at radius 2 is 2.07 bits per heavy atom. The van der Waals surface area contributed by atoms with Crippen molar-refractivity contribution in [1.82, 2.24) is 0 Å². The summed E-state index contributed by atoms with van der Waals surface area (Å²) < 4.78 is 35.6. The first-order valence-electron chi connectivity index (χ1n) is 4.28. The molecule has 1 aromatic carbocycles. The Kier molecular flexibility index (Phi) is 3.56. The lowest BCUT2D eigenvalue weighted by molar-refractivity contribution is -0.115. The lowest BCUT2D eigenvalue weighted by Gasteiger charge is -2.09. The smallest absolute Gasteiger partial charge is 0.376 e. The van der Waals surface area contributed by atoms with E-state index >= 15 is 0 Å². The molecule has 2 nitrogen and oxygen atoms in total. The van der Waals surface area contributed by atoms with Gasteiger partial charge in [-0.2, -0.15) is 18.4 Å². The Morgan fingerprint density at radius 1 is 1.33 bits per heavy atom. The Hall–Kier alpha value is -1.70. The summed E-state index contributed by atoms with van der Waals surface area (Å²) in [7, 11) is 0. The van der Waals surface area contributed by atoms with Crippen LogP contribution in [0.1, 0.15) is 5.56 Å². The highest BCUT2D eigenvalue weighted by Gasteiger charge is 2.26. The summed E-state index contributed by atoms with van der Waals surface area (Å²) in [6.07, 6.45) is -4.03. The molecule has 0 aliphatic carbocycles. The lowest BCUT2D eigenvalue weighted by atomic mass is 10.1. The van der Waals surface area contributed by atoms with Crippen LogP contribution in [0.15, 0.2) is 24.3 Å². The van der Waals surface area contributed by atoms with Crippen molar-refractivity contribution < 1.29 is 13.2 Å². The largest absolute Gasteiger partial charge is 0.405 e. The molecule has 1 aromatic rings. The van der Waals surface area contributed by atoms with Crippen molar-refractivity contribution in [1.29, 1.82) is 5.26 Å². The molecule has 0 fully saturated rings. The fourth-order valence-corrected chi connectivity index (χ4v) is 1.08. The van der Waals surface area contributed by atoms with Crippen LogP contribution in [-0.2, 0) is 6.42 Å². The molecular weight excluding hydrogens is 205 g/mol. The van der Waals surface area contributed by atoms with Crippen LogP contribution in [0.25, 0.3) is 0 Å². The number of anilines is 1. The maximum absolute atomic E-state index is 11.9. The highest BCUT2D eigenvalue weighted by Crippen LogP contribution is 2.17. The number of nitriles is 1. The third-order valence-corrected chi connectivity index (χ3v) is 1.70. The van der Waals surface area contributed by atoms with E-state index < -0.39 is 12.7 Å². The van der Waals surface area contributed by atoms with Crippen molar-refractivity contribution in [3.05, 3.63) is 29.8 Å². The summed E-state index contributed by atoms with van der Waals surface area (Å²) >= 11 is 0. The van der Waals surface area contributed by atoms with Gasteiger partial charge in [-0.25, -0.2) is 0 Å². The molecule has 1 rings (SSSR count). The van der Waals surface area contributed by atoms with Gasteiger partial charge in [0, 0.05) is 5.69 Å². The van der Waals surface area contributed by atoms with Gasteiger partial charge < -0.3 is 5.32 Å². The second-order valence-corrected chi connectivity index (χ2v) is 3.00. The maximum atomic E-state index is 11.9. The van der Waals surface area contributed by atoms with E-state index in [0.717, 1.165) is 0 Å². The van der Waals surface area contributed by atoms with Gasteiger partial charge in [-0.3, -0.25) is 0 Å². The van der Waals surface area contributed by atoms with Crippen LogP contribution in [0.4, 0.5) is 18.9 Å². The quantitative estimate of drug-likeness (QED) is 0.839. The molecule has 0 aromatic heterocycles. The van der Waals surface area contributed by atoms with Crippen molar-refractivity contribution in [2.24, 2.45) is 0 Å². The third-order valence-electron chi connectivity index (χ3n) is 1.70. The number of nitrogens with zero attached hydrogens (tertiary/aromatic N) is 1. The monoisotopic (exact) mass is 214 g/mol. The van der Waals surface area contributed by atoms with Crippen LogP contribution in [0.2, 0.25) is 0 Å². The highest BCUT2D eigenvalue weighted by molar-refractivity contribution is 5.46. The Balaban J connectivity index is 2.62. The molecule has 0 unspecified atom stereocenters. The fourth-order valence-electron chi connectivity index (χ4n) is 1.08. The molecule has 1 N–H and O–H groups in total. The minimum atomic E-state index is -4.23. The lowest BCUT2D eigenvalue weighted by Crippen LogP contribution is -2.21. The summed E-state index contributed by atoms with van der Waals surface area (Å²) in [6, 6.07) is 8.32. The van der Waals surface area contributed by atoms with Crippen molar-refractivity contribution in [2.45, 2.75) is 12.6 Å². The molecule has 0 radical (unpaired) electrons. The van der Waals surface area contributed by atoms with Gasteiger partial charge in [-0.15, -0.1) is 0 Å². The first kappa shape index (κ1) is 11.4. The van der Waals surface area contributed by atoms with Gasteiger partial charge in [0.05, 0.1) is 12.5 Å². The van der Waals surface area contributed by atoms with Gasteiger partial charge in [-0.05, 0) is 17.7 Å². The van der Waals surface area contributed by atoms with Crippen LogP contribution in [0, 0.1) is 11.3 Å². The molecule has 0 amide bonds. The SMILES string of the molecule is N#CCc1cccc(NCC(F)(F)F)c1. The molecule has 15 heavy (non-hydrogen) atoms. The number of nitrogens with one attached hydrogen (secondary N) is 1. The molecule has 5 heteroatoms. The van der Waals surface area contributed by atoms with Crippen molar-refractivity contribution in [3.8, 4) is 6.07 Å². The standard InChI is InChI=1S/C10H9F3N2/c11-10(12,13)7-15-9-3-1-2-8(6-9)4-5-14/h1-3,6,15H,4,7H2. The number of halogens is 3. The Labute approximate surface area is 85.3 Å². The van der Waals surface area contributed by atoms with Gasteiger partial charge >= 0.3 is 6.18 Å². The molecule has 0 bridgehead atoms. The molecule has 0 heterocycles. The van der Waals surface area contributed by atoms with Gasteiger partial charge in [0.2, 0.25) is 0 Å². The zero-order chi connectivity index (χ0) is 11.3. The summed E-state index contributed by atoms with van der Waals surface area (Å²) in [5.41, 5.74) is 1.07. The van der Waals surface area contributed by atoms with Crippen molar-refractivity contribution >= 4 is 5.69 Å². The molecular formula is C10H9F3N2. The van der Waals surface area contributed by atoms with E-state index in [0.29, 0.717) is 11.3 Å². The van der Waals surface area contributed by atoms with Crippen LogP contribution >= 0.6 is 0 Å². The summed E-state index contributed by atoms with van der Waals surface area (Å²) in [5, 5.41) is 10.7. The second-order valence-electron chi connectivity index (χ2n) is 3.00. The fraction of sp³-hybridized carbons (Fsp3) is 0.300. The van der Waals surface area contributed by atoms with Gasteiger partial charge in [0.1, 0.15) is 6.54 Å². The van der Waals surface area contributed by atoms with E-state index in [4.69, 9.17) is 5.26 Å². The minimum Gasteiger partial charge on any atom is -0.376 e. The minimum absolute atomic E-state index is 0.196. The summed E-state index contributed by atoms with van der Waals surface area (Å²) in [6.45, 7) is -1.07. The summed E-state index contributed by atoms with van der Waals surface area (Å²) in [4.78, 5) is 0. The van der Waals surface area contributed by atoms with E-state index in [-0.39, 0.29) is 6.42 Å². The van der Waals surface area contributed by atoms with Crippen LogP contribution < -0.4 is 5.32 Å². The third kappa shape index (κ3) is 4.36. The molecule has 0 saturated carbocycles. The molecule has 0 aliphatic heterocycles. The first-order valence-corrected chi connectivity index (χ1v) is 4.28. The zero-order valence-electron chi connectivity index (χ0n) is 7.80. The maximum Gasteiger partial charge on any atom is 0.405 e. The van der Waals surface area contributed by atoms with Gasteiger partial charge in [0.15, 0.2) is 0 Å². The number of benzene rings is 1. The van der Waals surface area contributed by atoms with Gasteiger partial charge in [-0.1, -0.05) is 12.1 Å². The number of hydrogen-bond donors (Lipinski definition) is 1.